The Morgan fingerprint density at radius 3 is 2.62 bits per heavy atom. The molecular weight excluding hydrogens is 450 g/mol. The van der Waals surface area contributed by atoms with Crippen molar-refractivity contribution in [3.05, 3.63) is 93.1 Å². The predicted molar refractivity (Wildman–Crippen MR) is 129 cm³/mol. The number of carbonyl (C=O) groups is 3. The second-order valence-electron chi connectivity index (χ2n) is 7.74. The minimum atomic E-state index is -0.420. The van der Waals surface area contributed by atoms with Crippen LogP contribution in [0.15, 0.2) is 59.5 Å². The van der Waals surface area contributed by atoms with Crippen LogP contribution in [-0.2, 0) is 16.1 Å². The van der Waals surface area contributed by atoms with E-state index in [0.29, 0.717) is 21.6 Å². The molecule has 170 valence electrons. The van der Waals surface area contributed by atoms with Gasteiger partial charge in [0.25, 0.3) is 11.1 Å². The van der Waals surface area contributed by atoms with Crippen LogP contribution in [0.25, 0.3) is 11.8 Å². The summed E-state index contributed by atoms with van der Waals surface area (Å²) in [7, 11) is 1.34. The average Bonchev–Trinajstić information content (AvgIpc) is 3.27. The lowest BCUT2D eigenvalue weighted by Crippen LogP contribution is -2.27. The number of imide groups is 1. The topological polar surface area (TPSA) is 92.4 Å². The number of nitrogens with zero attached hydrogens (tertiary/aromatic N) is 3. The van der Waals surface area contributed by atoms with Gasteiger partial charge in [0.05, 0.1) is 35.8 Å². The van der Waals surface area contributed by atoms with Crippen LogP contribution in [0.3, 0.4) is 0 Å². The molecule has 0 atom stereocenters. The Balaban J connectivity index is 1.64. The molecule has 34 heavy (non-hydrogen) atoms. The fourth-order valence-electron chi connectivity index (χ4n) is 3.94. The Labute approximate surface area is 201 Å². The third-order valence-electron chi connectivity index (χ3n) is 5.62. The van der Waals surface area contributed by atoms with E-state index >= 15 is 0 Å². The summed E-state index contributed by atoms with van der Waals surface area (Å²) in [6, 6.07) is 18.0. The molecule has 2 amide bonds. The number of methoxy groups -OCH3 is 1. The summed E-state index contributed by atoms with van der Waals surface area (Å²) < 4.78 is 6.80. The monoisotopic (exact) mass is 471 g/mol. The number of esters is 1. The van der Waals surface area contributed by atoms with Gasteiger partial charge in [-0.15, -0.1) is 0 Å². The molecule has 0 aliphatic carbocycles. The molecule has 1 aliphatic rings. The Morgan fingerprint density at radius 1 is 1.12 bits per heavy atom. The number of thioether (sulfide) groups is 1. The summed E-state index contributed by atoms with van der Waals surface area (Å²) in [4.78, 5) is 39.0. The van der Waals surface area contributed by atoms with Crippen molar-refractivity contribution >= 4 is 35.0 Å². The van der Waals surface area contributed by atoms with Gasteiger partial charge in [0.1, 0.15) is 0 Å². The van der Waals surface area contributed by atoms with Gasteiger partial charge in [0.15, 0.2) is 0 Å². The van der Waals surface area contributed by atoms with Gasteiger partial charge in [-0.25, -0.2) is 4.79 Å². The molecule has 0 spiro atoms. The number of ether oxygens (including phenoxy) is 1. The first-order valence-electron chi connectivity index (χ1n) is 10.4. The molecule has 0 saturated carbocycles. The van der Waals surface area contributed by atoms with Gasteiger partial charge >= 0.3 is 5.97 Å². The second-order valence-corrected chi connectivity index (χ2v) is 8.73. The maximum absolute atomic E-state index is 13.0. The molecule has 1 fully saturated rings. The van der Waals surface area contributed by atoms with Crippen molar-refractivity contribution < 1.29 is 19.1 Å². The molecule has 8 heteroatoms. The normalized spacial score (nSPS) is 14.5. The summed E-state index contributed by atoms with van der Waals surface area (Å²) in [6.45, 7) is 3.89. The summed E-state index contributed by atoms with van der Waals surface area (Å²) in [5.74, 6) is -0.809. The second kappa shape index (κ2) is 9.41. The van der Waals surface area contributed by atoms with Gasteiger partial charge in [-0.3, -0.25) is 14.5 Å². The third-order valence-corrected chi connectivity index (χ3v) is 6.53. The first-order chi connectivity index (χ1) is 16.3. The van der Waals surface area contributed by atoms with E-state index in [4.69, 9.17) is 4.74 Å². The van der Waals surface area contributed by atoms with Gasteiger partial charge in [0, 0.05) is 17.1 Å². The largest absolute Gasteiger partial charge is 0.465 e. The lowest BCUT2D eigenvalue weighted by molar-refractivity contribution is -0.123. The Bertz CT molecular complexity index is 1400. The zero-order valence-corrected chi connectivity index (χ0v) is 19.7. The molecule has 1 saturated heterocycles. The van der Waals surface area contributed by atoms with Crippen molar-refractivity contribution in [3.63, 3.8) is 0 Å². The quantitative estimate of drug-likeness (QED) is 0.385. The smallest absolute Gasteiger partial charge is 0.337 e. The summed E-state index contributed by atoms with van der Waals surface area (Å²) in [6.07, 6.45) is 1.71. The highest BCUT2D eigenvalue weighted by Crippen LogP contribution is 2.35. The van der Waals surface area contributed by atoms with Crippen molar-refractivity contribution in [2.75, 3.05) is 7.11 Å². The van der Waals surface area contributed by atoms with Gasteiger partial charge in [-0.2, -0.15) is 5.26 Å². The number of hydrogen-bond acceptors (Lipinski definition) is 6. The van der Waals surface area contributed by atoms with Gasteiger partial charge in [0.2, 0.25) is 0 Å². The molecule has 0 bridgehead atoms. The van der Waals surface area contributed by atoms with Crippen LogP contribution in [0.1, 0.15) is 38.4 Å². The number of nitriles is 1. The Hall–Kier alpha value is -4.09. The van der Waals surface area contributed by atoms with E-state index in [-0.39, 0.29) is 17.7 Å². The number of rotatable bonds is 5. The molecule has 2 aromatic carbocycles. The first kappa shape index (κ1) is 23.1. The van der Waals surface area contributed by atoms with E-state index in [1.54, 1.807) is 48.5 Å². The third kappa shape index (κ3) is 4.26. The molecule has 2 heterocycles. The molecular formula is C26H21N3O4S. The number of carbonyl (C=O) groups excluding carboxylic acids is 3. The van der Waals surface area contributed by atoms with Crippen molar-refractivity contribution in [2.24, 2.45) is 0 Å². The first-order valence-corrected chi connectivity index (χ1v) is 11.3. The average molecular weight is 472 g/mol. The fraction of sp³-hybridized carbons (Fsp3) is 0.154. The molecule has 7 nitrogen and oxygen atoms in total. The lowest BCUT2D eigenvalue weighted by Gasteiger charge is -2.13. The van der Waals surface area contributed by atoms with Crippen molar-refractivity contribution in [3.8, 4) is 11.8 Å². The SMILES string of the molecule is COC(=O)c1cccc(-n2c(C)cc(/C=C3/SC(=O)N(Cc4ccccc4C#N)C3=O)c2C)c1. The molecule has 4 rings (SSSR count). The molecule has 1 aromatic heterocycles. The van der Waals surface area contributed by atoms with Gasteiger partial charge in [-0.1, -0.05) is 24.3 Å². The zero-order valence-electron chi connectivity index (χ0n) is 18.9. The summed E-state index contributed by atoms with van der Waals surface area (Å²) in [5.41, 5.74) is 4.85. The number of hydrogen-bond donors (Lipinski definition) is 0. The number of benzene rings is 2. The fourth-order valence-corrected chi connectivity index (χ4v) is 4.77. The van der Waals surface area contributed by atoms with Crippen molar-refractivity contribution in [1.82, 2.24) is 9.47 Å². The van der Waals surface area contributed by atoms with Crippen LogP contribution in [-0.4, -0.2) is 33.7 Å². The Kier molecular flexibility index (Phi) is 6.39. The predicted octanol–water partition coefficient (Wildman–Crippen LogP) is 4.99. The van der Waals surface area contributed by atoms with Crippen LogP contribution >= 0.6 is 11.8 Å². The van der Waals surface area contributed by atoms with Crippen molar-refractivity contribution in [1.29, 1.82) is 5.26 Å². The maximum atomic E-state index is 13.0. The summed E-state index contributed by atoms with van der Waals surface area (Å²) in [5, 5.41) is 8.93. The number of aryl methyl sites for hydroxylation is 1. The lowest BCUT2D eigenvalue weighted by atomic mass is 10.1. The Morgan fingerprint density at radius 2 is 1.88 bits per heavy atom. The van der Waals surface area contributed by atoms with Gasteiger partial charge in [-0.05, 0) is 73.1 Å². The number of aromatic nitrogens is 1. The van der Waals surface area contributed by atoms with Crippen LogP contribution < -0.4 is 0 Å². The van der Waals surface area contributed by atoms with E-state index in [0.717, 1.165) is 39.3 Å². The highest BCUT2D eigenvalue weighted by molar-refractivity contribution is 8.18. The van der Waals surface area contributed by atoms with E-state index in [9.17, 15) is 19.6 Å². The number of amides is 2. The van der Waals surface area contributed by atoms with Crippen LogP contribution in [0.4, 0.5) is 4.79 Å². The van der Waals surface area contributed by atoms with Gasteiger partial charge < -0.3 is 9.30 Å². The minimum Gasteiger partial charge on any atom is -0.465 e. The van der Waals surface area contributed by atoms with E-state index < -0.39 is 5.97 Å². The van der Waals surface area contributed by atoms with E-state index in [2.05, 4.69) is 6.07 Å². The minimum absolute atomic E-state index is 0.0467. The van der Waals surface area contributed by atoms with Crippen LogP contribution in [0.2, 0.25) is 0 Å². The standard InChI is InChI=1S/C26H21N3O4S/c1-16-11-21(17(2)29(16)22-10-6-9-18(12-22)25(31)33-3)13-23-24(30)28(26(32)34-23)15-20-8-5-4-7-19(20)14-27/h4-13H,15H2,1-3H3/b23-13+. The molecule has 0 N–H and O–H groups in total. The molecule has 0 radical (unpaired) electrons. The maximum Gasteiger partial charge on any atom is 0.337 e. The molecule has 0 unspecified atom stereocenters. The summed E-state index contributed by atoms with van der Waals surface area (Å²) >= 11 is 0.883. The van der Waals surface area contributed by atoms with E-state index in [1.807, 2.05) is 30.5 Å². The molecule has 1 aliphatic heterocycles. The van der Waals surface area contributed by atoms with Crippen molar-refractivity contribution in [2.45, 2.75) is 20.4 Å². The van der Waals surface area contributed by atoms with E-state index in [1.165, 1.54) is 7.11 Å². The highest BCUT2D eigenvalue weighted by Gasteiger charge is 2.35. The highest BCUT2D eigenvalue weighted by atomic mass is 32.2. The zero-order chi connectivity index (χ0) is 24.4. The molecule has 3 aromatic rings. The van der Waals surface area contributed by atoms with Crippen LogP contribution in [0, 0.1) is 25.2 Å². The van der Waals surface area contributed by atoms with Crippen LogP contribution in [0.5, 0.6) is 0 Å².